The van der Waals surface area contributed by atoms with E-state index in [2.05, 4.69) is 6.07 Å². The third kappa shape index (κ3) is 2.97. The molecule has 0 atom stereocenters. The number of carbonyl (C=O) groups excluding carboxylic acids is 1. The van der Waals surface area contributed by atoms with Gasteiger partial charge in [-0.15, -0.1) is 0 Å². The van der Waals surface area contributed by atoms with Crippen LogP contribution in [0.25, 0.3) is 0 Å². The van der Waals surface area contributed by atoms with E-state index < -0.39 is 0 Å². The molecule has 1 aliphatic heterocycles. The van der Waals surface area contributed by atoms with Crippen LogP contribution in [-0.4, -0.2) is 10.8 Å². The number of anilines is 1. The molecule has 2 aliphatic rings. The van der Waals surface area contributed by atoms with Gasteiger partial charge in [-0.3, -0.25) is 4.79 Å². The molecule has 3 rings (SSSR count). The Bertz CT molecular complexity index is 490. The predicted octanol–water partition coefficient (Wildman–Crippen LogP) is 3.47. The number of hydrogen-bond donors (Lipinski definition) is 1. The standard InChI is InChI=1S/C17H24N2O/c18-16-8-7-14-11-19(12-15(14)10-16)17(20)9-13-5-3-1-2-4-6-13/h7-8,10,13H,1-6,9,11-12,18H2. The molecular formula is C17H24N2O. The molecule has 1 heterocycles. The minimum Gasteiger partial charge on any atom is -0.399 e. The first-order chi connectivity index (χ1) is 9.72. The van der Waals surface area contributed by atoms with Gasteiger partial charge in [0, 0.05) is 25.2 Å². The van der Waals surface area contributed by atoms with Gasteiger partial charge < -0.3 is 10.6 Å². The van der Waals surface area contributed by atoms with Crippen molar-refractivity contribution in [1.29, 1.82) is 0 Å². The molecule has 1 aromatic rings. The van der Waals surface area contributed by atoms with E-state index in [1.807, 2.05) is 17.0 Å². The van der Waals surface area contributed by atoms with Crippen molar-refractivity contribution in [2.75, 3.05) is 5.73 Å². The average molecular weight is 272 g/mol. The molecule has 1 aliphatic carbocycles. The summed E-state index contributed by atoms with van der Waals surface area (Å²) in [7, 11) is 0. The van der Waals surface area contributed by atoms with Crippen molar-refractivity contribution >= 4 is 11.6 Å². The number of rotatable bonds is 2. The summed E-state index contributed by atoms with van der Waals surface area (Å²) >= 11 is 0. The molecule has 0 bridgehead atoms. The van der Waals surface area contributed by atoms with E-state index in [0.717, 1.165) is 25.2 Å². The fourth-order valence-electron chi connectivity index (χ4n) is 3.53. The smallest absolute Gasteiger partial charge is 0.223 e. The Hall–Kier alpha value is -1.51. The number of benzene rings is 1. The molecule has 2 N–H and O–H groups in total. The Labute approximate surface area is 121 Å². The van der Waals surface area contributed by atoms with Crippen molar-refractivity contribution in [3.8, 4) is 0 Å². The molecule has 1 fully saturated rings. The van der Waals surface area contributed by atoms with E-state index in [0.29, 0.717) is 11.8 Å². The maximum absolute atomic E-state index is 12.5. The Morgan fingerprint density at radius 1 is 1.10 bits per heavy atom. The molecule has 1 saturated carbocycles. The normalized spacial score (nSPS) is 19.7. The second-order valence-corrected chi connectivity index (χ2v) is 6.34. The number of nitrogens with zero attached hydrogens (tertiary/aromatic N) is 1. The molecule has 1 amide bonds. The van der Waals surface area contributed by atoms with Gasteiger partial charge in [-0.2, -0.15) is 0 Å². The maximum Gasteiger partial charge on any atom is 0.223 e. The first-order valence-corrected chi connectivity index (χ1v) is 7.87. The highest BCUT2D eigenvalue weighted by Gasteiger charge is 2.25. The molecule has 108 valence electrons. The van der Waals surface area contributed by atoms with Crippen molar-refractivity contribution < 1.29 is 4.79 Å². The summed E-state index contributed by atoms with van der Waals surface area (Å²) in [5, 5.41) is 0. The van der Waals surface area contributed by atoms with Crippen LogP contribution in [0.4, 0.5) is 5.69 Å². The fourth-order valence-corrected chi connectivity index (χ4v) is 3.53. The second-order valence-electron chi connectivity index (χ2n) is 6.34. The summed E-state index contributed by atoms with van der Waals surface area (Å²) in [6, 6.07) is 6.00. The van der Waals surface area contributed by atoms with E-state index in [4.69, 9.17) is 5.73 Å². The van der Waals surface area contributed by atoms with Crippen molar-refractivity contribution in [2.24, 2.45) is 5.92 Å². The van der Waals surface area contributed by atoms with Gasteiger partial charge in [-0.05, 0) is 42.0 Å². The number of amides is 1. The zero-order chi connectivity index (χ0) is 13.9. The van der Waals surface area contributed by atoms with Gasteiger partial charge in [0.25, 0.3) is 0 Å². The zero-order valence-corrected chi connectivity index (χ0v) is 12.1. The Balaban J connectivity index is 1.59. The summed E-state index contributed by atoms with van der Waals surface area (Å²) in [6.45, 7) is 1.51. The highest BCUT2D eigenvalue weighted by atomic mass is 16.2. The van der Waals surface area contributed by atoms with Crippen LogP contribution in [0.15, 0.2) is 18.2 Å². The third-order valence-corrected chi connectivity index (χ3v) is 4.74. The molecule has 0 aromatic heterocycles. The zero-order valence-electron chi connectivity index (χ0n) is 12.1. The van der Waals surface area contributed by atoms with E-state index in [-0.39, 0.29) is 0 Å². The molecule has 0 saturated heterocycles. The average Bonchev–Trinajstić information content (AvgIpc) is 2.68. The first kappa shape index (κ1) is 13.5. The largest absolute Gasteiger partial charge is 0.399 e. The van der Waals surface area contributed by atoms with Gasteiger partial charge in [0.1, 0.15) is 0 Å². The van der Waals surface area contributed by atoms with Gasteiger partial charge in [0.15, 0.2) is 0 Å². The first-order valence-electron chi connectivity index (χ1n) is 7.87. The summed E-state index contributed by atoms with van der Waals surface area (Å²) < 4.78 is 0. The SMILES string of the molecule is Nc1ccc2c(c1)CN(C(=O)CC1CCCCCC1)C2. The highest BCUT2D eigenvalue weighted by Crippen LogP contribution is 2.29. The lowest BCUT2D eigenvalue weighted by atomic mass is 9.96. The van der Waals surface area contributed by atoms with Crippen molar-refractivity contribution in [3.05, 3.63) is 29.3 Å². The molecule has 0 spiro atoms. The van der Waals surface area contributed by atoms with Crippen molar-refractivity contribution in [3.63, 3.8) is 0 Å². The van der Waals surface area contributed by atoms with Crippen molar-refractivity contribution in [2.45, 2.75) is 58.0 Å². The summed E-state index contributed by atoms with van der Waals surface area (Å²) in [5.74, 6) is 0.936. The summed E-state index contributed by atoms with van der Waals surface area (Å²) in [4.78, 5) is 14.5. The van der Waals surface area contributed by atoms with E-state index in [1.165, 1.54) is 49.7 Å². The lowest BCUT2D eigenvalue weighted by molar-refractivity contribution is -0.132. The molecule has 0 radical (unpaired) electrons. The van der Waals surface area contributed by atoms with Crippen LogP contribution >= 0.6 is 0 Å². The second kappa shape index (κ2) is 5.86. The van der Waals surface area contributed by atoms with Crippen LogP contribution in [-0.2, 0) is 17.9 Å². The fraction of sp³-hybridized carbons (Fsp3) is 0.588. The van der Waals surface area contributed by atoms with Crippen LogP contribution in [0.1, 0.15) is 56.1 Å². The lowest BCUT2D eigenvalue weighted by Gasteiger charge is -2.19. The Kier molecular flexibility index (Phi) is 3.95. The number of carbonyl (C=O) groups is 1. The summed E-state index contributed by atoms with van der Waals surface area (Å²) in [5.41, 5.74) is 9.09. The quantitative estimate of drug-likeness (QED) is 0.662. The monoisotopic (exact) mass is 272 g/mol. The molecule has 0 unspecified atom stereocenters. The van der Waals surface area contributed by atoms with Crippen LogP contribution in [0.5, 0.6) is 0 Å². The van der Waals surface area contributed by atoms with Crippen molar-refractivity contribution in [1.82, 2.24) is 4.90 Å². The van der Waals surface area contributed by atoms with E-state index in [1.54, 1.807) is 0 Å². The molecule has 3 nitrogen and oxygen atoms in total. The third-order valence-electron chi connectivity index (χ3n) is 4.74. The van der Waals surface area contributed by atoms with Crippen LogP contribution in [0, 0.1) is 5.92 Å². The number of nitrogens with two attached hydrogens (primary N) is 1. The van der Waals surface area contributed by atoms with Gasteiger partial charge in [-0.1, -0.05) is 31.7 Å². The van der Waals surface area contributed by atoms with Gasteiger partial charge in [0.2, 0.25) is 5.91 Å². The number of nitrogen functional groups attached to an aromatic ring is 1. The minimum absolute atomic E-state index is 0.326. The van der Waals surface area contributed by atoms with E-state index >= 15 is 0 Å². The minimum atomic E-state index is 0.326. The molecule has 20 heavy (non-hydrogen) atoms. The lowest BCUT2D eigenvalue weighted by Crippen LogP contribution is -2.27. The van der Waals surface area contributed by atoms with Gasteiger partial charge in [0.05, 0.1) is 0 Å². The topological polar surface area (TPSA) is 46.3 Å². The maximum atomic E-state index is 12.5. The summed E-state index contributed by atoms with van der Waals surface area (Å²) in [6.07, 6.45) is 8.50. The van der Waals surface area contributed by atoms with Gasteiger partial charge in [-0.25, -0.2) is 0 Å². The predicted molar refractivity (Wildman–Crippen MR) is 80.9 cm³/mol. The Morgan fingerprint density at radius 2 is 1.80 bits per heavy atom. The Morgan fingerprint density at radius 3 is 2.55 bits per heavy atom. The van der Waals surface area contributed by atoms with Crippen LogP contribution in [0.2, 0.25) is 0 Å². The number of fused-ring (bicyclic) bond motifs is 1. The molecule has 3 heteroatoms. The van der Waals surface area contributed by atoms with Gasteiger partial charge >= 0.3 is 0 Å². The van der Waals surface area contributed by atoms with E-state index in [9.17, 15) is 4.79 Å². The van der Waals surface area contributed by atoms with Crippen LogP contribution < -0.4 is 5.73 Å². The molecular weight excluding hydrogens is 248 g/mol. The van der Waals surface area contributed by atoms with Crippen LogP contribution in [0.3, 0.4) is 0 Å². The molecule has 1 aromatic carbocycles. The number of hydrogen-bond acceptors (Lipinski definition) is 2. The highest BCUT2D eigenvalue weighted by molar-refractivity contribution is 5.77.